The number of aromatic nitrogens is 2. The van der Waals surface area contributed by atoms with Gasteiger partial charge in [0.25, 0.3) is 0 Å². The Morgan fingerprint density at radius 2 is 2.14 bits per heavy atom. The highest BCUT2D eigenvalue weighted by Gasteiger charge is 2.41. The Morgan fingerprint density at radius 1 is 1.38 bits per heavy atom. The lowest BCUT2D eigenvalue weighted by Gasteiger charge is -2.37. The summed E-state index contributed by atoms with van der Waals surface area (Å²) in [6.07, 6.45) is 7.62. The minimum Gasteiger partial charge on any atom is -0.297 e. The van der Waals surface area contributed by atoms with Crippen LogP contribution in [0.25, 0.3) is 0 Å². The Balaban J connectivity index is 1.84. The van der Waals surface area contributed by atoms with Gasteiger partial charge in [0.1, 0.15) is 5.54 Å². The zero-order valence-corrected chi connectivity index (χ0v) is 13.4. The lowest BCUT2D eigenvalue weighted by molar-refractivity contribution is 0.216. The van der Waals surface area contributed by atoms with Crippen molar-refractivity contribution in [2.45, 2.75) is 83.3 Å². The molecule has 1 aromatic heterocycles. The van der Waals surface area contributed by atoms with Crippen molar-refractivity contribution in [1.82, 2.24) is 15.1 Å². The predicted molar refractivity (Wildman–Crippen MR) is 83.1 cm³/mol. The van der Waals surface area contributed by atoms with Crippen LogP contribution >= 0.6 is 0 Å². The van der Waals surface area contributed by atoms with E-state index in [1.807, 2.05) is 0 Å². The summed E-state index contributed by atoms with van der Waals surface area (Å²) in [4.78, 5) is 0. The first kappa shape index (κ1) is 14.6. The number of hydrogen-bond acceptors (Lipinski definition) is 3. The average Bonchev–Trinajstić information content (AvgIpc) is 3.24. The van der Waals surface area contributed by atoms with Crippen LogP contribution < -0.4 is 5.32 Å². The van der Waals surface area contributed by atoms with E-state index in [9.17, 15) is 5.26 Å². The number of rotatable bonds is 4. The molecule has 0 radical (unpaired) electrons. The summed E-state index contributed by atoms with van der Waals surface area (Å²) < 4.78 is 2.20. The fraction of sp³-hybridized carbons (Fsp3) is 0.765. The second-order valence-electron chi connectivity index (χ2n) is 6.81. The van der Waals surface area contributed by atoms with Gasteiger partial charge in [-0.3, -0.25) is 10.00 Å². The maximum absolute atomic E-state index is 9.72. The van der Waals surface area contributed by atoms with E-state index in [1.165, 1.54) is 24.1 Å². The molecule has 4 nitrogen and oxygen atoms in total. The molecule has 0 aliphatic heterocycles. The first-order chi connectivity index (χ1) is 10.1. The topological polar surface area (TPSA) is 53.6 Å². The van der Waals surface area contributed by atoms with E-state index < -0.39 is 0 Å². The summed E-state index contributed by atoms with van der Waals surface area (Å²) in [5.74, 6) is 0. The molecule has 0 bridgehead atoms. The zero-order chi connectivity index (χ0) is 15.0. The molecule has 1 aromatic rings. The summed E-state index contributed by atoms with van der Waals surface area (Å²) in [5.41, 5.74) is 3.49. The molecule has 0 amide bonds. The standard InChI is InChI=1S/C17H26N4/c1-4-16-12(2)20-21(13(16)3)15-6-5-9-17(10-15,11-18)19-14-7-8-14/h14-15,19H,4-10H2,1-3H3. The van der Waals surface area contributed by atoms with Gasteiger partial charge in [0.2, 0.25) is 0 Å². The van der Waals surface area contributed by atoms with E-state index in [4.69, 9.17) is 5.10 Å². The van der Waals surface area contributed by atoms with Gasteiger partial charge in [-0.2, -0.15) is 10.4 Å². The summed E-state index contributed by atoms with van der Waals surface area (Å²) in [5, 5.41) is 18.1. The summed E-state index contributed by atoms with van der Waals surface area (Å²) >= 11 is 0. The monoisotopic (exact) mass is 286 g/mol. The van der Waals surface area contributed by atoms with Crippen molar-refractivity contribution in [3.05, 3.63) is 17.0 Å². The smallest absolute Gasteiger partial charge is 0.109 e. The lowest BCUT2D eigenvalue weighted by atomic mass is 9.79. The molecule has 1 N–H and O–H groups in total. The first-order valence-corrected chi connectivity index (χ1v) is 8.32. The van der Waals surface area contributed by atoms with Crippen molar-refractivity contribution in [3.8, 4) is 6.07 Å². The lowest BCUT2D eigenvalue weighted by Crippen LogP contribution is -2.49. The highest BCUT2D eigenvalue weighted by molar-refractivity contribution is 5.25. The Bertz CT molecular complexity index is 564. The van der Waals surface area contributed by atoms with E-state index in [-0.39, 0.29) is 5.54 Å². The third kappa shape index (κ3) is 2.72. The SMILES string of the molecule is CCc1c(C)nn(C2CCCC(C#N)(NC3CC3)C2)c1C. The Hall–Kier alpha value is -1.34. The molecule has 0 aromatic carbocycles. The fourth-order valence-electron chi connectivity index (χ4n) is 3.90. The van der Waals surface area contributed by atoms with Crippen LogP contribution in [-0.4, -0.2) is 21.4 Å². The summed E-state index contributed by atoms with van der Waals surface area (Å²) in [6.45, 7) is 6.47. The Morgan fingerprint density at radius 3 is 2.71 bits per heavy atom. The molecule has 114 valence electrons. The summed E-state index contributed by atoms with van der Waals surface area (Å²) in [7, 11) is 0. The van der Waals surface area contributed by atoms with Crippen LogP contribution in [0.3, 0.4) is 0 Å². The normalized spacial score (nSPS) is 29.3. The molecular formula is C17H26N4. The molecule has 3 rings (SSSR count). The molecule has 21 heavy (non-hydrogen) atoms. The molecule has 2 unspecified atom stereocenters. The van der Waals surface area contributed by atoms with E-state index in [0.29, 0.717) is 12.1 Å². The quantitative estimate of drug-likeness (QED) is 0.924. The van der Waals surface area contributed by atoms with Gasteiger partial charge in [0, 0.05) is 18.2 Å². The Kier molecular flexibility index (Phi) is 3.79. The maximum Gasteiger partial charge on any atom is 0.109 e. The minimum absolute atomic E-state index is 0.331. The van der Waals surface area contributed by atoms with Crippen molar-refractivity contribution in [3.63, 3.8) is 0 Å². The fourth-order valence-corrected chi connectivity index (χ4v) is 3.90. The van der Waals surface area contributed by atoms with Crippen molar-refractivity contribution in [2.24, 2.45) is 0 Å². The molecule has 2 aliphatic rings. The van der Waals surface area contributed by atoms with Crippen LogP contribution in [0, 0.1) is 25.2 Å². The average molecular weight is 286 g/mol. The molecule has 0 saturated heterocycles. The van der Waals surface area contributed by atoms with Crippen molar-refractivity contribution in [2.75, 3.05) is 0 Å². The number of nitrogens with zero attached hydrogens (tertiary/aromatic N) is 3. The van der Waals surface area contributed by atoms with Gasteiger partial charge < -0.3 is 0 Å². The second-order valence-corrected chi connectivity index (χ2v) is 6.81. The van der Waals surface area contributed by atoms with Crippen LogP contribution in [0.5, 0.6) is 0 Å². The number of aryl methyl sites for hydroxylation is 1. The minimum atomic E-state index is -0.331. The second kappa shape index (κ2) is 5.46. The number of nitriles is 1. The third-order valence-corrected chi connectivity index (χ3v) is 5.17. The van der Waals surface area contributed by atoms with Crippen LogP contribution in [-0.2, 0) is 6.42 Å². The highest BCUT2D eigenvalue weighted by Crippen LogP contribution is 2.38. The predicted octanol–water partition coefficient (Wildman–Crippen LogP) is 3.19. The van der Waals surface area contributed by atoms with E-state index in [1.54, 1.807) is 0 Å². The van der Waals surface area contributed by atoms with Gasteiger partial charge >= 0.3 is 0 Å². The third-order valence-electron chi connectivity index (χ3n) is 5.17. The van der Waals surface area contributed by atoms with Gasteiger partial charge in [-0.05, 0) is 57.9 Å². The molecule has 4 heteroatoms. The van der Waals surface area contributed by atoms with Crippen LogP contribution in [0.4, 0.5) is 0 Å². The van der Waals surface area contributed by atoms with Crippen molar-refractivity contribution < 1.29 is 0 Å². The van der Waals surface area contributed by atoms with Gasteiger partial charge in [-0.25, -0.2) is 0 Å². The molecule has 2 fully saturated rings. The number of nitrogens with one attached hydrogen (secondary N) is 1. The summed E-state index contributed by atoms with van der Waals surface area (Å²) in [6, 6.07) is 3.53. The molecule has 2 aliphatic carbocycles. The van der Waals surface area contributed by atoms with Crippen LogP contribution in [0.2, 0.25) is 0 Å². The van der Waals surface area contributed by atoms with E-state index >= 15 is 0 Å². The largest absolute Gasteiger partial charge is 0.297 e. The van der Waals surface area contributed by atoms with Crippen molar-refractivity contribution in [1.29, 1.82) is 5.26 Å². The van der Waals surface area contributed by atoms with Crippen molar-refractivity contribution >= 4 is 0 Å². The Labute approximate surface area is 127 Å². The van der Waals surface area contributed by atoms with Gasteiger partial charge in [-0.1, -0.05) is 6.92 Å². The molecular weight excluding hydrogens is 260 g/mol. The first-order valence-electron chi connectivity index (χ1n) is 8.32. The number of hydrogen-bond donors (Lipinski definition) is 1. The van der Waals surface area contributed by atoms with E-state index in [0.717, 1.165) is 37.8 Å². The molecule has 2 saturated carbocycles. The van der Waals surface area contributed by atoms with Gasteiger partial charge in [0.15, 0.2) is 0 Å². The highest BCUT2D eigenvalue weighted by atomic mass is 15.3. The molecule has 2 atom stereocenters. The van der Waals surface area contributed by atoms with Gasteiger partial charge in [0.05, 0.1) is 17.8 Å². The molecule has 0 spiro atoms. The van der Waals surface area contributed by atoms with Crippen LogP contribution in [0.1, 0.15) is 68.4 Å². The van der Waals surface area contributed by atoms with E-state index in [2.05, 4.69) is 36.8 Å². The molecule has 1 heterocycles. The van der Waals surface area contributed by atoms with Gasteiger partial charge in [-0.15, -0.1) is 0 Å². The van der Waals surface area contributed by atoms with Crippen LogP contribution in [0.15, 0.2) is 0 Å². The zero-order valence-electron chi connectivity index (χ0n) is 13.4. The maximum atomic E-state index is 9.72.